The normalized spacial score (nSPS) is 12.1. The Morgan fingerprint density at radius 1 is 1.19 bits per heavy atom. The number of fused-ring (bicyclic) bond motifs is 1. The summed E-state index contributed by atoms with van der Waals surface area (Å²) < 4.78 is 15.7. The molecule has 8 heteroatoms. The molecule has 0 bridgehead atoms. The molecular weight excluding hydrogens is 350 g/mol. The molecule has 0 saturated heterocycles. The number of rotatable bonds is 6. The lowest BCUT2D eigenvalue weighted by molar-refractivity contribution is -0.120. The van der Waals surface area contributed by atoms with Crippen molar-refractivity contribution in [3.05, 3.63) is 53.1 Å². The van der Waals surface area contributed by atoms with Gasteiger partial charge < -0.3 is 19.5 Å². The largest absolute Gasteiger partial charge is 0.496 e. The van der Waals surface area contributed by atoms with E-state index in [9.17, 15) is 9.59 Å². The maximum Gasteiger partial charge on any atom is 0.259 e. The van der Waals surface area contributed by atoms with E-state index in [-0.39, 0.29) is 13.3 Å². The van der Waals surface area contributed by atoms with Gasteiger partial charge >= 0.3 is 0 Å². The van der Waals surface area contributed by atoms with Gasteiger partial charge in [-0.1, -0.05) is 12.1 Å². The van der Waals surface area contributed by atoms with Gasteiger partial charge in [0, 0.05) is 5.56 Å². The standard InChI is InChI=1S/C19H19N3O5/c1-12-3-4-13(7-16(12)25-2)9-21-22-18(23)10-20-19(24)14-5-6-15-17(8-14)27-11-26-15/h3-9H,10-11H2,1-2H3,(H,20,24)(H,22,23)/b21-9-. The summed E-state index contributed by atoms with van der Waals surface area (Å²) in [7, 11) is 1.59. The van der Waals surface area contributed by atoms with Crippen LogP contribution in [0.2, 0.25) is 0 Å². The second kappa shape index (κ2) is 8.22. The summed E-state index contributed by atoms with van der Waals surface area (Å²) in [6, 6.07) is 10.4. The summed E-state index contributed by atoms with van der Waals surface area (Å²) in [5, 5.41) is 6.40. The molecule has 0 atom stereocenters. The van der Waals surface area contributed by atoms with Crippen molar-refractivity contribution in [3.8, 4) is 17.2 Å². The Balaban J connectivity index is 1.49. The summed E-state index contributed by atoms with van der Waals surface area (Å²) in [6.07, 6.45) is 1.50. The average molecular weight is 369 g/mol. The first-order valence-corrected chi connectivity index (χ1v) is 8.21. The first-order chi connectivity index (χ1) is 13.1. The quantitative estimate of drug-likeness (QED) is 0.595. The van der Waals surface area contributed by atoms with Crippen LogP contribution >= 0.6 is 0 Å². The highest BCUT2D eigenvalue weighted by atomic mass is 16.7. The third-order valence-electron chi connectivity index (χ3n) is 3.88. The fourth-order valence-electron chi connectivity index (χ4n) is 2.44. The minimum atomic E-state index is -0.445. The number of aryl methyl sites for hydroxylation is 1. The van der Waals surface area contributed by atoms with Crippen LogP contribution in [0.5, 0.6) is 17.2 Å². The maximum absolute atomic E-state index is 12.1. The van der Waals surface area contributed by atoms with Gasteiger partial charge in [0.2, 0.25) is 6.79 Å². The molecule has 3 rings (SSSR count). The van der Waals surface area contributed by atoms with Gasteiger partial charge in [0.05, 0.1) is 19.9 Å². The molecule has 2 aromatic rings. The number of methoxy groups -OCH3 is 1. The molecule has 2 amide bonds. The lowest BCUT2D eigenvalue weighted by atomic mass is 10.1. The van der Waals surface area contributed by atoms with E-state index >= 15 is 0 Å². The number of carbonyl (C=O) groups is 2. The van der Waals surface area contributed by atoms with Crippen molar-refractivity contribution < 1.29 is 23.8 Å². The Morgan fingerprint density at radius 3 is 2.81 bits per heavy atom. The summed E-state index contributed by atoms with van der Waals surface area (Å²) in [6.45, 7) is 1.86. The molecule has 8 nitrogen and oxygen atoms in total. The van der Waals surface area contributed by atoms with E-state index in [0.29, 0.717) is 17.1 Å². The van der Waals surface area contributed by atoms with Gasteiger partial charge in [-0.2, -0.15) is 5.10 Å². The molecule has 140 valence electrons. The van der Waals surface area contributed by atoms with Crippen molar-refractivity contribution in [1.82, 2.24) is 10.7 Å². The van der Waals surface area contributed by atoms with Gasteiger partial charge in [0.1, 0.15) is 5.75 Å². The number of benzene rings is 2. The highest BCUT2D eigenvalue weighted by Gasteiger charge is 2.16. The molecule has 0 fully saturated rings. The first kappa shape index (κ1) is 18.2. The number of ether oxygens (including phenoxy) is 3. The first-order valence-electron chi connectivity index (χ1n) is 8.21. The molecule has 2 aromatic carbocycles. The van der Waals surface area contributed by atoms with Crippen molar-refractivity contribution in [2.75, 3.05) is 20.4 Å². The van der Waals surface area contributed by atoms with Crippen molar-refractivity contribution >= 4 is 18.0 Å². The highest BCUT2D eigenvalue weighted by molar-refractivity contribution is 5.97. The van der Waals surface area contributed by atoms with E-state index < -0.39 is 11.8 Å². The molecule has 0 radical (unpaired) electrons. The minimum absolute atomic E-state index is 0.133. The third kappa shape index (κ3) is 4.55. The SMILES string of the molecule is COc1cc(/C=N\NC(=O)CNC(=O)c2ccc3c(c2)OCO3)ccc1C. The Morgan fingerprint density at radius 2 is 2.00 bits per heavy atom. The van der Waals surface area contributed by atoms with Gasteiger partial charge in [-0.15, -0.1) is 0 Å². The lowest BCUT2D eigenvalue weighted by Gasteiger charge is -2.06. The molecule has 27 heavy (non-hydrogen) atoms. The van der Waals surface area contributed by atoms with E-state index in [1.807, 2.05) is 25.1 Å². The second-order valence-corrected chi connectivity index (χ2v) is 5.77. The Kier molecular flexibility index (Phi) is 5.55. The third-order valence-corrected chi connectivity index (χ3v) is 3.88. The van der Waals surface area contributed by atoms with Crippen LogP contribution in [-0.4, -0.2) is 38.5 Å². The maximum atomic E-state index is 12.1. The molecular formula is C19H19N3O5. The van der Waals surface area contributed by atoms with Gasteiger partial charge in [0.15, 0.2) is 11.5 Å². The molecule has 0 unspecified atom stereocenters. The lowest BCUT2D eigenvalue weighted by Crippen LogP contribution is -2.34. The summed E-state index contributed by atoms with van der Waals surface area (Å²) in [5.74, 6) is 0.994. The molecule has 1 aliphatic heterocycles. The summed E-state index contributed by atoms with van der Waals surface area (Å²) in [5.41, 5.74) is 4.52. The Labute approximate surface area is 156 Å². The molecule has 1 aliphatic rings. The fourth-order valence-corrected chi connectivity index (χ4v) is 2.44. The number of nitrogens with one attached hydrogen (secondary N) is 2. The number of carbonyl (C=O) groups excluding carboxylic acids is 2. The molecule has 0 saturated carbocycles. The van der Waals surface area contributed by atoms with Crippen LogP contribution in [-0.2, 0) is 4.79 Å². The van der Waals surface area contributed by atoms with Crippen LogP contribution in [0, 0.1) is 6.92 Å². The number of nitrogens with zero attached hydrogens (tertiary/aromatic N) is 1. The minimum Gasteiger partial charge on any atom is -0.496 e. The second-order valence-electron chi connectivity index (χ2n) is 5.77. The predicted molar refractivity (Wildman–Crippen MR) is 98.4 cm³/mol. The smallest absolute Gasteiger partial charge is 0.259 e. The van der Waals surface area contributed by atoms with Crippen LogP contribution in [0.1, 0.15) is 21.5 Å². The number of hydrazone groups is 1. The predicted octanol–water partition coefficient (Wildman–Crippen LogP) is 1.61. The Hall–Kier alpha value is -3.55. The monoisotopic (exact) mass is 369 g/mol. The molecule has 0 spiro atoms. The number of hydrogen-bond donors (Lipinski definition) is 2. The Bertz CT molecular complexity index is 895. The topological polar surface area (TPSA) is 98.2 Å². The van der Waals surface area contributed by atoms with Crippen LogP contribution in [0.15, 0.2) is 41.5 Å². The van der Waals surface area contributed by atoms with Crippen molar-refractivity contribution in [3.63, 3.8) is 0 Å². The zero-order valence-electron chi connectivity index (χ0n) is 14.9. The average Bonchev–Trinajstić information content (AvgIpc) is 3.15. The zero-order valence-corrected chi connectivity index (χ0v) is 14.9. The zero-order chi connectivity index (χ0) is 19.2. The van der Waals surface area contributed by atoms with Crippen LogP contribution in [0.4, 0.5) is 0 Å². The van der Waals surface area contributed by atoms with Crippen molar-refractivity contribution in [2.24, 2.45) is 5.10 Å². The van der Waals surface area contributed by atoms with Gasteiger partial charge in [-0.3, -0.25) is 9.59 Å². The summed E-state index contributed by atoms with van der Waals surface area (Å²) in [4.78, 5) is 23.9. The molecule has 2 N–H and O–H groups in total. The van der Waals surface area contributed by atoms with Crippen LogP contribution < -0.4 is 25.0 Å². The van der Waals surface area contributed by atoms with Gasteiger partial charge in [0.25, 0.3) is 11.8 Å². The van der Waals surface area contributed by atoms with Crippen LogP contribution in [0.3, 0.4) is 0 Å². The van der Waals surface area contributed by atoms with E-state index in [4.69, 9.17) is 14.2 Å². The van der Waals surface area contributed by atoms with Crippen LogP contribution in [0.25, 0.3) is 0 Å². The number of amides is 2. The number of hydrogen-bond acceptors (Lipinski definition) is 6. The van der Waals surface area contributed by atoms with E-state index in [1.54, 1.807) is 25.3 Å². The molecule has 0 aromatic heterocycles. The molecule has 1 heterocycles. The van der Waals surface area contributed by atoms with Crippen molar-refractivity contribution in [1.29, 1.82) is 0 Å². The van der Waals surface area contributed by atoms with Gasteiger partial charge in [-0.25, -0.2) is 5.43 Å². The van der Waals surface area contributed by atoms with E-state index in [1.165, 1.54) is 6.21 Å². The van der Waals surface area contributed by atoms with E-state index in [0.717, 1.165) is 16.9 Å². The summed E-state index contributed by atoms with van der Waals surface area (Å²) >= 11 is 0. The van der Waals surface area contributed by atoms with Crippen molar-refractivity contribution in [2.45, 2.75) is 6.92 Å². The van der Waals surface area contributed by atoms with E-state index in [2.05, 4.69) is 15.8 Å². The fraction of sp³-hybridized carbons (Fsp3) is 0.211. The van der Waals surface area contributed by atoms with Gasteiger partial charge in [-0.05, 0) is 42.3 Å². The molecule has 0 aliphatic carbocycles. The highest BCUT2D eigenvalue weighted by Crippen LogP contribution is 2.32.